The SMILES string of the molecule is CC/C(=C(\C1=C(C)c2ccccc2C1)c1ccc(/C=C/C(=O)O)cc1)c1ccc(C)cc1Cl.[C-]#[N+]c1cc(C)ccc1/C(CC)=C(/C1=C(Cl)c2ccccc2C1)c1ccc(/C=C/C(=O)O)cc1.[C-]#[N+]c1cc(C)ccc1/C(CC)=C(/C1=Cc2ccccc2C1)c1ccc(/C=C/C(=O)O)cc1.[C-]#[N+]c1sccc1/C(CC)=C(/C1=Cc2ccccc2C1)c1ccc(/C=C/C(=O)O)cc1. The van der Waals surface area contributed by atoms with E-state index in [9.17, 15) is 19.2 Å². The van der Waals surface area contributed by atoms with Crippen LogP contribution in [0.2, 0.25) is 5.02 Å². The Hall–Kier alpha value is -15.1. The van der Waals surface area contributed by atoms with Crippen molar-refractivity contribution < 1.29 is 39.6 Å². The first kappa shape index (κ1) is 93.6. The molecular weight excluding hydrogens is 1680 g/mol. The molecule has 4 N–H and O–H groups in total. The van der Waals surface area contributed by atoms with Crippen LogP contribution in [-0.4, -0.2) is 44.3 Å². The number of rotatable bonds is 24. The second-order valence-corrected chi connectivity index (χ2v) is 33.8. The minimum absolute atomic E-state index is 0.627. The van der Waals surface area contributed by atoms with Gasteiger partial charge in [-0.25, -0.2) is 33.7 Å². The highest BCUT2D eigenvalue weighted by Gasteiger charge is 2.30. The molecule has 4 aliphatic rings. The van der Waals surface area contributed by atoms with Crippen molar-refractivity contribution in [3.05, 3.63) is 474 Å². The molecular formula is C117H97Cl2N3O8S. The van der Waals surface area contributed by atoms with Gasteiger partial charge in [-0.05, 0) is 298 Å². The van der Waals surface area contributed by atoms with Crippen LogP contribution in [0.5, 0.6) is 0 Å². The Kier molecular flexibility index (Phi) is 31.2. The Balaban J connectivity index is 0.000000149. The third-order valence-corrected chi connectivity index (χ3v) is 25.3. The third-order valence-electron chi connectivity index (χ3n) is 23.7. The van der Waals surface area contributed by atoms with Gasteiger partial charge in [0.25, 0.3) is 0 Å². The van der Waals surface area contributed by atoms with E-state index in [1.165, 1.54) is 89.3 Å². The van der Waals surface area contributed by atoms with E-state index in [-0.39, 0.29) is 0 Å². The van der Waals surface area contributed by atoms with E-state index >= 15 is 0 Å². The fourth-order valence-electron chi connectivity index (χ4n) is 17.6. The summed E-state index contributed by atoms with van der Waals surface area (Å²) in [5, 5.41) is 39.9. The maximum Gasteiger partial charge on any atom is 0.328 e. The number of fused-ring (bicyclic) bond motifs is 4. The lowest BCUT2D eigenvalue weighted by molar-refractivity contribution is -0.132. The van der Waals surface area contributed by atoms with Crippen molar-refractivity contribution in [2.24, 2.45) is 0 Å². The van der Waals surface area contributed by atoms with Crippen LogP contribution >= 0.6 is 34.5 Å². The van der Waals surface area contributed by atoms with Crippen LogP contribution in [0.25, 0.3) is 106 Å². The van der Waals surface area contributed by atoms with Crippen LogP contribution in [0, 0.1) is 40.5 Å². The lowest BCUT2D eigenvalue weighted by Crippen LogP contribution is -1.99. The number of nitrogens with zero attached hydrogens (tertiary/aromatic N) is 3. The smallest absolute Gasteiger partial charge is 0.328 e. The lowest BCUT2D eigenvalue weighted by Gasteiger charge is -2.19. The summed E-state index contributed by atoms with van der Waals surface area (Å²) in [6.07, 6.45) is 21.9. The highest BCUT2D eigenvalue weighted by Crippen LogP contribution is 2.51. The van der Waals surface area contributed by atoms with Crippen LogP contribution in [0.15, 0.2) is 307 Å². The Labute approximate surface area is 781 Å². The van der Waals surface area contributed by atoms with Gasteiger partial charge in [-0.3, -0.25) is 0 Å². The molecule has 0 fully saturated rings. The molecule has 0 bridgehead atoms. The number of benzene rings is 11. The van der Waals surface area contributed by atoms with Crippen molar-refractivity contribution in [3.8, 4) is 0 Å². The lowest BCUT2D eigenvalue weighted by atomic mass is 9.85. The first-order chi connectivity index (χ1) is 63.4. The van der Waals surface area contributed by atoms with E-state index in [1.807, 2.05) is 159 Å². The molecule has 12 aromatic rings. The van der Waals surface area contributed by atoms with Crippen LogP contribution in [0.4, 0.5) is 16.4 Å². The number of carboxylic acids is 4. The largest absolute Gasteiger partial charge is 0.478 e. The van der Waals surface area contributed by atoms with Gasteiger partial charge in [0.05, 0.1) is 24.7 Å². The van der Waals surface area contributed by atoms with Crippen molar-refractivity contribution in [3.63, 3.8) is 0 Å². The van der Waals surface area contributed by atoms with Gasteiger partial charge < -0.3 is 20.4 Å². The molecule has 1 aromatic heterocycles. The first-order valence-electron chi connectivity index (χ1n) is 43.4. The number of hydrogen-bond acceptors (Lipinski definition) is 5. The third kappa shape index (κ3) is 22.4. The van der Waals surface area contributed by atoms with E-state index < -0.39 is 23.9 Å². The van der Waals surface area contributed by atoms with Crippen LogP contribution in [0.1, 0.15) is 188 Å². The fraction of sp³-hybridized carbons (Fsp3) is 0.137. The first-order valence-corrected chi connectivity index (χ1v) is 45.1. The average molecular weight is 1780 g/mol. The van der Waals surface area contributed by atoms with Crippen molar-refractivity contribution in [2.45, 2.75) is 107 Å². The highest BCUT2D eigenvalue weighted by molar-refractivity contribution is 7.14. The van der Waals surface area contributed by atoms with E-state index in [0.29, 0.717) is 22.8 Å². The van der Waals surface area contributed by atoms with Gasteiger partial charge in [-0.15, -0.1) is 0 Å². The minimum atomic E-state index is -0.982. The highest BCUT2D eigenvalue weighted by atomic mass is 35.5. The molecule has 0 atom stereocenters. The standard InChI is InChI=1S/C30H24ClNO2.C30H27ClO2.C30H25NO2.C27H21NO2S/c1-4-23(25-15-9-19(2)17-27(25)32-3)29(21-13-10-20(11-14-21)12-16-28(33)34)26-18-22-7-5-6-8-24(22)30(26)31;1-4-24(26-15-9-19(2)17-28(26)31)30(22-13-10-21(11-14-22)12-16-29(32)33)27-18-23-7-5-6-8-25(23)20(27)3;1-4-26(27-15-9-20(2)17-28(27)31-3)30(25-18-23-7-5-6-8-24(23)19-25)22-13-10-21(11-14-22)12-16-29(32)33;1-3-23(24-14-15-31-27(24)28-2)26(22-16-20-6-4-5-7-21(20)17-22)19-11-8-18(9-12-19)10-13-25(29)30/h5-17H,4,18H2,1-2H3,(H,33,34);5-17H,4,18H2,1-3H3,(H,32,33);5-18H,4,19H2,1-2H3,(H,32,33);4-16H,3,17H2,1H3,(H,29,30)/b16-12+,29-23+;16-12+,30-24+;16-12+,30-26+;13-10+,26-23+. The van der Waals surface area contributed by atoms with Crippen LogP contribution in [0.3, 0.4) is 0 Å². The topological polar surface area (TPSA) is 162 Å². The van der Waals surface area contributed by atoms with E-state index in [1.54, 1.807) is 24.3 Å². The molecule has 16 rings (SSSR count). The molecule has 14 heteroatoms. The molecule has 11 aromatic carbocycles. The van der Waals surface area contributed by atoms with Crippen molar-refractivity contribution >= 4 is 166 Å². The maximum absolute atomic E-state index is 10.9. The zero-order valence-electron chi connectivity index (χ0n) is 74.2. The van der Waals surface area contributed by atoms with Gasteiger partial charge in [-0.1, -0.05) is 323 Å². The van der Waals surface area contributed by atoms with Crippen molar-refractivity contribution in [1.29, 1.82) is 0 Å². The molecule has 0 saturated carbocycles. The normalized spacial score (nSPS) is 13.6. The summed E-state index contributed by atoms with van der Waals surface area (Å²) in [6.45, 7) is 39.9. The number of aryl methyl sites for hydroxylation is 3. The van der Waals surface area contributed by atoms with Crippen LogP contribution in [-0.2, 0) is 44.9 Å². The molecule has 0 aliphatic heterocycles. The molecule has 0 amide bonds. The molecule has 0 unspecified atom stereocenters. The van der Waals surface area contributed by atoms with E-state index in [0.717, 1.165) is 202 Å². The average Bonchev–Trinajstić information content (AvgIpc) is 1.68. The summed E-state index contributed by atoms with van der Waals surface area (Å²) in [4.78, 5) is 54.9. The van der Waals surface area contributed by atoms with E-state index in [4.69, 9.17) is 63.3 Å². The summed E-state index contributed by atoms with van der Waals surface area (Å²) in [5.74, 6) is -3.86. The maximum atomic E-state index is 10.9. The molecule has 11 nitrogen and oxygen atoms in total. The Morgan fingerprint density at radius 2 is 0.695 bits per heavy atom. The van der Waals surface area contributed by atoms with Crippen LogP contribution < -0.4 is 0 Å². The second kappa shape index (κ2) is 43.6. The molecule has 131 heavy (non-hydrogen) atoms. The number of hydrogen-bond donors (Lipinski definition) is 4. The zero-order valence-corrected chi connectivity index (χ0v) is 76.5. The molecule has 648 valence electrons. The Morgan fingerprint density at radius 3 is 1.07 bits per heavy atom. The van der Waals surface area contributed by atoms with Crippen molar-refractivity contribution in [1.82, 2.24) is 0 Å². The molecule has 0 radical (unpaired) electrons. The molecule has 0 saturated heterocycles. The molecule has 1 heterocycles. The van der Waals surface area contributed by atoms with Gasteiger partial charge in [0, 0.05) is 35.7 Å². The minimum Gasteiger partial charge on any atom is -0.478 e. The number of allylic oxidation sites excluding steroid dienone is 13. The fourth-order valence-corrected chi connectivity index (χ4v) is 18.9. The van der Waals surface area contributed by atoms with Gasteiger partial charge in [0.2, 0.25) is 5.00 Å². The zero-order chi connectivity index (χ0) is 92.9. The number of thiophene rings is 1. The predicted molar refractivity (Wildman–Crippen MR) is 544 cm³/mol. The molecule has 0 spiro atoms. The van der Waals surface area contributed by atoms with Gasteiger partial charge in [0.15, 0.2) is 11.4 Å². The summed E-state index contributed by atoms with van der Waals surface area (Å²) in [7, 11) is 0. The van der Waals surface area contributed by atoms with Gasteiger partial charge in [-0.2, -0.15) is 11.3 Å². The van der Waals surface area contributed by atoms with Gasteiger partial charge >= 0.3 is 23.9 Å². The Bertz CT molecular complexity index is 7010. The quantitative estimate of drug-likeness (QED) is 0.0264. The van der Waals surface area contributed by atoms with Crippen molar-refractivity contribution in [2.75, 3.05) is 0 Å². The number of carbonyl (C=O) groups is 4. The number of carboxylic acid groups (broad SMARTS) is 4. The summed E-state index contributed by atoms with van der Waals surface area (Å²) in [6, 6.07) is 85.8. The second-order valence-electron chi connectivity index (χ2n) is 32.2. The summed E-state index contributed by atoms with van der Waals surface area (Å²) >= 11 is 15.2. The number of aliphatic carboxylic acids is 4. The monoisotopic (exact) mass is 1770 g/mol. The summed E-state index contributed by atoms with van der Waals surface area (Å²) < 4.78 is 0. The van der Waals surface area contributed by atoms with E-state index in [2.05, 4.69) is 183 Å². The predicted octanol–water partition coefficient (Wildman–Crippen LogP) is 31.2. The number of halogens is 2. The molecule has 4 aliphatic carbocycles. The summed E-state index contributed by atoms with van der Waals surface area (Å²) in [5.41, 5.74) is 41.3. The Morgan fingerprint density at radius 1 is 0.359 bits per heavy atom. The van der Waals surface area contributed by atoms with Gasteiger partial charge in [0.1, 0.15) is 0 Å².